The minimum atomic E-state index is -1.01. The van der Waals surface area contributed by atoms with Crippen molar-refractivity contribution >= 4 is 25.9 Å². The SMILES string of the molecule is CCCCC1=C(B(CC)CC)C(CC)=C(C(C)(C)C)[Si]1Cl. The summed E-state index contributed by atoms with van der Waals surface area (Å²) in [4.78, 5) is 0. The van der Waals surface area contributed by atoms with Crippen LogP contribution in [-0.2, 0) is 0 Å². The van der Waals surface area contributed by atoms with Gasteiger partial charge in [-0.3, -0.25) is 0 Å². The Labute approximate surface area is 139 Å². The van der Waals surface area contributed by atoms with E-state index >= 15 is 0 Å². The van der Waals surface area contributed by atoms with Crippen LogP contribution in [0, 0.1) is 5.41 Å². The predicted molar refractivity (Wildman–Crippen MR) is 102 cm³/mol. The molecule has 1 rings (SSSR count). The first-order valence-corrected chi connectivity index (χ1v) is 11.3. The molecule has 119 valence electrons. The maximum absolute atomic E-state index is 7.08. The highest BCUT2D eigenvalue weighted by molar-refractivity contribution is 7.16. The van der Waals surface area contributed by atoms with E-state index in [1.54, 1.807) is 21.4 Å². The smallest absolute Gasteiger partial charge is 0.157 e. The van der Waals surface area contributed by atoms with Crippen molar-refractivity contribution in [2.45, 2.75) is 86.8 Å². The molecule has 0 saturated carbocycles. The van der Waals surface area contributed by atoms with Gasteiger partial charge in [0.1, 0.15) is 0 Å². The number of halogens is 1. The molecule has 0 spiro atoms. The fourth-order valence-electron chi connectivity index (χ4n) is 3.66. The van der Waals surface area contributed by atoms with Crippen molar-refractivity contribution in [3.8, 4) is 0 Å². The van der Waals surface area contributed by atoms with Crippen molar-refractivity contribution in [2.75, 3.05) is 0 Å². The Balaban J connectivity index is 3.38. The van der Waals surface area contributed by atoms with Crippen LogP contribution in [0.2, 0.25) is 12.6 Å². The van der Waals surface area contributed by atoms with E-state index in [4.69, 9.17) is 11.1 Å². The van der Waals surface area contributed by atoms with Crippen molar-refractivity contribution in [1.82, 2.24) is 0 Å². The second kappa shape index (κ2) is 8.06. The molecule has 0 aromatic carbocycles. The predicted octanol–water partition coefficient (Wildman–Crippen LogP) is 6.62. The summed E-state index contributed by atoms with van der Waals surface area (Å²) in [6.07, 6.45) is 7.41. The Morgan fingerprint density at radius 2 is 1.62 bits per heavy atom. The van der Waals surface area contributed by atoms with Gasteiger partial charge in [0.25, 0.3) is 0 Å². The molecular weight excluding hydrogens is 291 g/mol. The number of unbranched alkanes of at least 4 members (excludes halogenated alkanes) is 1. The molecular formula is C18H33BClSi. The summed E-state index contributed by atoms with van der Waals surface area (Å²) in [6.45, 7) is 17.0. The van der Waals surface area contributed by atoms with E-state index in [1.807, 2.05) is 0 Å². The highest BCUT2D eigenvalue weighted by Gasteiger charge is 2.40. The molecule has 0 fully saturated rings. The molecule has 0 unspecified atom stereocenters. The van der Waals surface area contributed by atoms with Crippen molar-refractivity contribution in [1.29, 1.82) is 0 Å². The summed E-state index contributed by atoms with van der Waals surface area (Å²) in [5, 5.41) is 3.25. The van der Waals surface area contributed by atoms with Crippen molar-refractivity contribution in [2.24, 2.45) is 5.41 Å². The van der Waals surface area contributed by atoms with Crippen LogP contribution >= 0.6 is 11.1 Å². The highest BCUT2D eigenvalue weighted by atomic mass is 35.6. The molecule has 0 nitrogen and oxygen atoms in total. The Morgan fingerprint density at radius 3 is 2.00 bits per heavy atom. The van der Waals surface area contributed by atoms with E-state index in [1.165, 1.54) is 31.9 Å². The van der Waals surface area contributed by atoms with Gasteiger partial charge in [0.15, 0.2) is 6.71 Å². The molecule has 1 aliphatic heterocycles. The molecule has 0 aromatic heterocycles. The molecule has 1 aliphatic rings. The van der Waals surface area contributed by atoms with Gasteiger partial charge in [-0.1, -0.05) is 95.4 Å². The zero-order chi connectivity index (χ0) is 16.2. The third kappa shape index (κ3) is 4.07. The first-order chi connectivity index (χ1) is 9.83. The average molecular weight is 324 g/mol. The zero-order valence-electron chi connectivity index (χ0n) is 15.2. The molecule has 0 aliphatic carbocycles. The molecule has 0 atom stereocenters. The third-order valence-corrected chi connectivity index (χ3v) is 8.51. The molecule has 0 amide bonds. The van der Waals surface area contributed by atoms with Crippen LogP contribution in [0.25, 0.3) is 0 Å². The molecule has 0 saturated heterocycles. The normalized spacial score (nSPS) is 17.1. The summed E-state index contributed by atoms with van der Waals surface area (Å²) in [6, 6.07) is 0. The largest absolute Gasteiger partial charge is 0.226 e. The maximum atomic E-state index is 7.08. The van der Waals surface area contributed by atoms with E-state index in [-0.39, 0.29) is 5.41 Å². The fraction of sp³-hybridized carbons (Fsp3) is 0.778. The Morgan fingerprint density at radius 1 is 1.05 bits per heavy atom. The van der Waals surface area contributed by atoms with Crippen LogP contribution in [0.4, 0.5) is 0 Å². The number of allylic oxidation sites excluding steroid dienone is 4. The lowest BCUT2D eigenvalue weighted by Crippen LogP contribution is -2.22. The third-order valence-electron chi connectivity index (χ3n) is 4.71. The van der Waals surface area contributed by atoms with Crippen LogP contribution in [0.3, 0.4) is 0 Å². The minimum Gasteiger partial charge on any atom is -0.157 e. The van der Waals surface area contributed by atoms with Gasteiger partial charge in [-0.2, -0.15) is 11.1 Å². The van der Waals surface area contributed by atoms with E-state index in [0.29, 0.717) is 6.71 Å². The van der Waals surface area contributed by atoms with Gasteiger partial charge >= 0.3 is 0 Å². The number of hydrogen-bond donors (Lipinski definition) is 0. The topological polar surface area (TPSA) is 0 Å². The van der Waals surface area contributed by atoms with E-state index < -0.39 is 8.11 Å². The summed E-state index contributed by atoms with van der Waals surface area (Å²) < 4.78 is 0. The molecule has 0 N–H and O–H groups in total. The molecule has 1 radical (unpaired) electrons. The Bertz CT molecular complexity index is 413. The highest BCUT2D eigenvalue weighted by Crippen LogP contribution is 2.46. The van der Waals surface area contributed by atoms with Crippen LogP contribution in [0.5, 0.6) is 0 Å². The van der Waals surface area contributed by atoms with Gasteiger partial charge in [-0.15, -0.1) is 0 Å². The van der Waals surface area contributed by atoms with E-state index in [2.05, 4.69) is 48.5 Å². The second-order valence-electron chi connectivity index (χ2n) is 7.28. The minimum absolute atomic E-state index is 0.215. The number of hydrogen-bond acceptors (Lipinski definition) is 0. The van der Waals surface area contributed by atoms with Crippen LogP contribution < -0.4 is 0 Å². The lowest BCUT2D eigenvalue weighted by molar-refractivity contribution is 0.524. The Hall–Kier alpha value is 0.0518. The summed E-state index contributed by atoms with van der Waals surface area (Å²) in [5.41, 5.74) is 3.53. The maximum Gasteiger partial charge on any atom is 0.226 e. The molecule has 0 aromatic rings. The lowest BCUT2D eigenvalue weighted by atomic mass is 9.39. The second-order valence-corrected chi connectivity index (χ2v) is 10.1. The van der Waals surface area contributed by atoms with Crippen molar-refractivity contribution in [3.63, 3.8) is 0 Å². The van der Waals surface area contributed by atoms with Gasteiger partial charge in [0.05, 0.1) is 0 Å². The van der Waals surface area contributed by atoms with Crippen molar-refractivity contribution in [3.05, 3.63) is 21.4 Å². The monoisotopic (exact) mass is 323 g/mol. The average Bonchev–Trinajstić information content (AvgIpc) is 2.70. The molecule has 0 bridgehead atoms. The summed E-state index contributed by atoms with van der Waals surface area (Å²) in [7, 11) is -1.01. The zero-order valence-corrected chi connectivity index (χ0v) is 17.0. The molecule has 21 heavy (non-hydrogen) atoms. The van der Waals surface area contributed by atoms with Crippen LogP contribution in [-0.4, -0.2) is 14.8 Å². The summed E-state index contributed by atoms with van der Waals surface area (Å²) in [5.74, 6) is 0. The fourth-order valence-corrected chi connectivity index (χ4v) is 7.96. The lowest BCUT2D eigenvalue weighted by Gasteiger charge is -2.26. The van der Waals surface area contributed by atoms with Gasteiger partial charge in [0, 0.05) is 0 Å². The van der Waals surface area contributed by atoms with E-state index in [9.17, 15) is 0 Å². The Kier molecular flexibility index (Phi) is 7.33. The van der Waals surface area contributed by atoms with Crippen molar-refractivity contribution < 1.29 is 0 Å². The van der Waals surface area contributed by atoms with Gasteiger partial charge in [-0.25, -0.2) is 0 Å². The first kappa shape index (κ1) is 19.1. The quantitative estimate of drug-likeness (QED) is 0.364. The standard InChI is InChI=1S/C18H33BClSi/c1-8-12-13-15-16(19(10-3)11-4)14(9-2)17(21(15)20)18(5,6)7/h8-13H2,1-7H3. The van der Waals surface area contributed by atoms with Crippen LogP contribution in [0.1, 0.15) is 74.1 Å². The number of rotatable bonds is 7. The van der Waals surface area contributed by atoms with E-state index in [0.717, 1.165) is 6.42 Å². The van der Waals surface area contributed by atoms with Gasteiger partial charge in [-0.05, 0) is 18.3 Å². The van der Waals surface area contributed by atoms with Crippen LogP contribution in [0.15, 0.2) is 21.4 Å². The van der Waals surface area contributed by atoms with Gasteiger partial charge < -0.3 is 0 Å². The van der Waals surface area contributed by atoms with Gasteiger partial charge in [0.2, 0.25) is 8.11 Å². The molecule has 3 heteroatoms. The summed E-state index contributed by atoms with van der Waals surface area (Å²) >= 11 is 7.08. The first-order valence-electron chi connectivity index (χ1n) is 8.83. The molecule has 1 heterocycles.